The summed E-state index contributed by atoms with van der Waals surface area (Å²) in [6.45, 7) is 1.99. The molecule has 0 radical (unpaired) electrons. The van der Waals surface area contributed by atoms with Crippen molar-refractivity contribution in [2.24, 2.45) is 0 Å². The predicted octanol–water partition coefficient (Wildman–Crippen LogP) is 3.06. The molecule has 0 aromatic heterocycles. The van der Waals surface area contributed by atoms with Gasteiger partial charge < -0.3 is 4.90 Å². The van der Waals surface area contributed by atoms with Crippen molar-refractivity contribution in [1.82, 2.24) is 4.90 Å². The Kier molecular flexibility index (Phi) is 3.94. The van der Waals surface area contributed by atoms with Crippen LogP contribution >= 0.6 is 38.5 Å². The van der Waals surface area contributed by atoms with E-state index in [0.29, 0.717) is 0 Å². The molecule has 0 bridgehead atoms. The first-order valence-corrected chi connectivity index (χ1v) is 5.98. The first kappa shape index (κ1) is 12.0. The zero-order valence-electron chi connectivity index (χ0n) is 8.27. The third-order valence-corrected chi connectivity index (χ3v) is 4.26. The molecule has 0 atom stereocenters. The highest BCUT2D eigenvalue weighted by Gasteiger charge is 2.14. The van der Waals surface area contributed by atoms with Gasteiger partial charge in [-0.3, -0.25) is 4.79 Å². The minimum Gasteiger partial charge on any atom is -0.345 e. The van der Waals surface area contributed by atoms with Crippen LogP contribution in [-0.2, 0) is 0 Å². The standard InChI is InChI=1S/C10H11BrINO/c1-6-4-7(10(14)13(2)3)9(11)8(12)5-6/h4-5H,1-3H3. The van der Waals surface area contributed by atoms with Crippen molar-refractivity contribution in [3.8, 4) is 0 Å². The molecule has 0 fully saturated rings. The van der Waals surface area contributed by atoms with Crippen LogP contribution in [0.25, 0.3) is 0 Å². The van der Waals surface area contributed by atoms with Gasteiger partial charge in [0, 0.05) is 22.1 Å². The van der Waals surface area contributed by atoms with E-state index in [1.807, 2.05) is 19.1 Å². The Labute approximate surface area is 106 Å². The summed E-state index contributed by atoms with van der Waals surface area (Å²) in [7, 11) is 3.51. The second kappa shape index (κ2) is 4.61. The molecule has 1 aromatic rings. The van der Waals surface area contributed by atoms with E-state index in [1.54, 1.807) is 19.0 Å². The van der Waals surface area contributed by atoms with Gasteiger partial charge in [0.15, 0.2) is 0 Å². The van der Waals surface area contributed by atoms with Gasteiger partial charge in [-0.25, -0.2) is 0 Å². The van der Waals surface area contributed by atoms with E-state index in [1.165, 1.54) is 0 Å². The molecular weight excluding hydrogens is 357 g/mol. The largest absolute Gasteiger partial charge is 0.345 e. The number of carbonyl (C=O) groups is 1. The van der Waals surface area contributed by atoms with E-state index < -0.39 is 0 Å². The topological polar surface area (TPSA) is 20.3 Å². The van der Waals surface area contributed by atoms with Crippen LogP contribution in [-0.4, -0.2) is 24.9 Å². The van der Waals surface area contributed by atoms with E-state index in [0.717, 1.165) is 19.2 Å². The highest BCUT2D eigenvalue weighted by atomic mass is 127. The molecule has 0 unspecified atom stereocenters. The van der Waals surface area contributed by atoms with Crippen LogP contribution in [0.15, 0.2) is 16.6 Å². The number of rotatable bonds is 1. The smallest absolute Gasteiger partial charge is 0.254 e. The molecule has 0 saturated carbocycles. The van der Waals surface area contributed by atoms with Crippen molar-refractivity contribution >= 4 is 44.4 Å². The second-order valence-electron chi connectivity index (χ2n) is 3.31. The number of carbonyl (C=O) groups excluding carboxylic acids is 1. The lowest BCUT2D eigenvalue weighted by Gasteiger charge is -2.13. The van der Waals surface area contributed by atoms with Crippen LogP contribution < -0.4 is 0 Å². The van der Waals surface area contributed by atoms with Gasteiger partial charge >= 0.3 is 0 Å². The highest BCUT2D eigenvalue weighted by molar-refractivity contribution is 14.1. The third kappa shape index (κ3) is 2.48. The van der Waals surface area contributed by atoms with Gasteiger partial charge in [0.1, 0.15) is 0 Å². The minimum atomic E-state index is 0.0264. The maximum atomic E-state index is 11.8. The molecule has 4 heteroatoms. The van der Waals surface area contributed by atoms with Gasteiger partial charge in [-0.2, -0.15) is 0 Å². The van der Waals surface area contributed by atoms with Crippen LogP contribution in [0.5, 0.6) is 0 Å². The number of hydrogen-bond acceptors (Lipinski definition) is 1. The molecule has 0 spiro atoms. The third-order valence-electron chi connectivity index (χ3n) is 1.81. The maximum Gasteiger partial charge on any atom is 0.254 e. The molecule has 0 saturated heterocycles. The maximum absolute atomic E-state index is 11.8. The van der Waals surface area contributed by atoms with E-state index in [9.17, 15) is 4.79 Å². The molecule has 14 heavy (non-hydrogen) atoms. The Morgan fingerprint density at radius 2 is 2.00 bits per heavy atom. The number of aryl methyl sites for hydroxylation is 1. The Morgan fingerprint density at radius 3 is 2.50 bits per heavy atom. The fourth-order valence-electron chi connectivity index (χ4n) is 1.12. The van der Waals surface area contributed by atoms with Gasteiger partial charge in [-0.1, -0.05) is 0 Å². The summed E-state index contributed by atoms with van der Waals surface area (Å²) < 4.78 is 1.94. The lowest BCUT2D eigenvalue weighted by atomic mass is 10.1. The van der Waals surface area contributed by atoms with Crippen molar-refractivity contribution in [3.05, 3.63) is 31.3 Å². The normalized spacial score (nSPS) is 10.1. The molecule has 0 N–H and O–H groups in total. The molecule has 1 aromatic carbocycles. The predicted molar refractivity (Wildman–Crippen MR) is 69.6 cm³/mol. The van der Waals surface area contributed by atoms with Gasteiger partial charge in [0.05, 0.1) is 5.56 Å². The molecule has 2 nitrogen and oxygen atoms in total. The second-order valence-corrected chi connectivity index (χ2v) is 5.26. The number of amides is 1. The summed E-state index contributed by atoms with van der Waals surface area (Å²) in [6.07, 6.45) is 0. The summed E-state index contributed by atoms with van der Waals surface area (Å²) in [4.78, 5) is 13.3. The first-order valence-electron chi connectivity index (χ1n) is 4.10. The molecule has 0 aliphatic heterocycles. The highest BCUT2D eigenvalue weighted by Crippen LogP contribution is 2.25. The molecule has 1 amide bonds. The van der Waals surface area contributed by atoms with E-state index in [-0.39, 0.29) is 5.91 Å². The summed E-state index contributed by atoms with van der Waals surface area (Å²) in [6, 6.07) is 3.94. The van der Waals surface area contributed by atoms with Crippen molar-refractivity contribution in [2.45, 2.75) is 6.92 Å². The summed E-state index contributed by atoms with van der Waals surface area (Å²) in [5.41, 5.74) is 1.82. The van der Waals surface area contributed by atoms with Crippen LogP contribution in [0.4, 0.5) is 0 Å². The zero-order chi connectivity index (χ0) is 10.9. The number of benzene rings is 1. The lowest BCUT2D eigenvalue weighted by molar-refractivity contribution is 0.0826. The van der Waals surface area contributed by atoms with Crippen molar-refractivity contribution in [2.75, 3.05) is 14.1 Å². The molecule has 0 heterocycles. The van der Waals surface area contributed by atoms with Crippen molar-refractivity contribution < 1.29 is 4.79 Å². The average Bonchev–Trinajstić information content (AvgIpc) is 2.09. The van der Waals surface area contributed by atoms with Crippen LogP contribution in [0.1, 0.15) is 15.9 Å². The van der Waals surface area contributed by atoms with Gasteiger partial charge in [0.25, 0.3) is 5.91 Å². The first-order chi connectivity index (χ1) is 6.43. The summed E-state index contributed by atoms with van der Waals surface area (Å²) in [5, 5.41) is 0. The fraction of sp³-hybridized carbons (Fsp3) is 0.300. The fourth-order valence-corrected chi connectivity index (χ4v) is 2.30. The van der Waals surface area contributed by atoms with Crippen molar-refractivity contribution in [3.63, 3.8) is 0 Å². The summed E-state index contributed by atoms with van der Waals surface area (Å²) >= 11 is 5.64. The van der Waals surface area contributed by atoms with Crippen LogP contribution in [0.2, 0.25) is 0 Å². The Bertz CT molecular complexity index is 377. The lowest BCUT2D eigenvalue weighted by Crippen LogP contribution is -2.22. The van der Waals surface area contributed by atoms with Crippen LogP contribution in [0.3, 0.4) is 0 Å². The Morgan fingerprint density at radius 1 is 1.43 bits per heavy atom. The molecule has 76 valence electrons. The summed E-state index contributed by atoms with van der Waals surface area (Å²) in [5.74, 6) is 0.0264. The number of hydrogen-bond donors (Lipinski definition) is 0. The van der Waals surface area contributed by atoms with E-state index in [2.05, 4.69) is 38.5 Å². The SMILES string of the molecule is Cc1cc(I)c(Br)c(C(=O)N(C)C)c1. The number of halogens is 2. The Hall–Kier alpha value is -0.100. The quantitative estimate of drug-likeness (QED) is 0.698. The van der Waals surface area contributed by atoms with Crippen molar-refractivity contribution in [1.29, 1.82) is 0 Å². The average molecular weight is 368 g/mol. The molecule has 0 aliphatic rings. The van der Waals surface area contributed by atoms with Gasteiger partial charge in [-0.05, 0) is 63.1 Å². The van der Waals surface area contributed by atoms with E-state index in [4.69, 9.17) is 0 Å². The van der Waals surface area contributed by atoms with Gasteiger partial charge in [0.2, 0.25) is 0 Å². The monoisotopic (exact) mass is 367 g/mol. The minimum absolute atomic E-state index is 0.0264. The van der Waals surface area contributed by atoms with E-state index >= 15 is 0 Å². The Balaban J connectivity index is 3.27. The molecule has 1 rings (SSSR count). The van der Waals surface area contributed by atoms with Crippen LogP contribution in [0, 0.1) is 10.5 Å². The number of nitrogens with zero attached hydrogens (tertiary/aromatic N) is 1. The molecular formula is C10H11BrINO. The zero-order valence-corrected chi connectivity index (χ0v) is 12.0. The van der Waals surface area contributed by atoms with Gasteiger partial charge in [-0.15, -0.1) is 0 Å². The molecule has 0 aliphatic carbocycles.